The summed E-state index contributed by atoms with van der Waals surface area (Å²) in [5.74, 6) is -1.58. The van der Waals surface area contributed by atoms with E-state index >= 15 is 0 Å². The average Bonchev–Trinajstić information content (AvgIpc) is 0.753. The summed E-state index contributed by atoms with van der Waals surface area (Å²) in [6.45, 7) is 10.3. The van der Waals surface area contributed by atoms with E-state index in [0.717, 1.165) is 128 Å². The molecule has 3 fully saturated rings. The van der Waals surface area contributed by atoms with Gasteiger partial charge in [0, 0.05) is 25.7 Å². The zero-order valence-electron chi connectivity index (χ0n) is 78.1. The normalized spacial score (nSPS) is 24.9. The third-order valence-electron chi connectivity index (χ3n) is 25.4. The minimum absolute atomic E-state index is 0.0171. The SMILES string of the molecule is CCCCCCCCCCCCCCCCCCC(=O)OCC(COP(=O)(O)OC1C(OC2OC(CO)C(O)C(O)C2O)C(O)C(O)C(OC(=O)CCCCCCCCCCCCCCCCCC)C1OC1OC(COC(=O)CCCCCCCCC(C)CCCCCCCC)C(O)C(O)C1O)OC(=O)CCCCCCCCC(C)CCCCCCCC. The Kier molecular flexibility index (Phi) is 69.0. The molecule has 0 spiro atoms. The van der Waals surface area contributed by atoms with Crippen molar-refractivity contribution in [2.24, 2.45) is 11.8 Å². The van der Waals surface area contributed by atoms with Gasteiger partial charge in [0.15, 0.2) is 24.8 Å². The van der Waals surface area contributed by atoms with Crippen molar-refractivity contribution in [3.63, 3.8) is 0 Å². The largest absolute Gasteiger partial charge is 0.472 e. The van der Waals surface area contributed by atoms with Crippen LogP contribution in [-0.4, -0.2) is 205 Å². The van der Waals surface area contributed by atoms with Crippen molar-refractivity contribution in [2.75, 3.05) is 26.4 Å². The number of phosphoric ester groups is 1. The summed E-state index contributed by atoms with van der Waals surface area (Å²) in [6.07, 6.45) is 30.6. The maximum atomic E-state index is 15.0. The van der Waals surface area contributed by atoms with Gasteiger partial charge >= 0.3 is 31.7 Å². The fraction of sp³-hybridized carbons (Fsp3) is 0.959. The number of aliphatic hydroxyl groups excluding tert-OH is 9. The molecule has 3 aliphatic rings. The van der Waals surface area contributed by atoms with Crippen molar-refractivity contribution in [1.29, 1.82) is 0 Å². The fourth-order valence-corrected chi connectivity index (χ4v) is 18.2. The molecule has 0 aromatic rings. The van der Waals surface area contributed by atoms with Crippen molar-refractivity contribution in [1.82, 2.24) is 0 Å². The highest BCUT2D eigenvalue weighted by Crippen LogP contribution is 2.49. The van der Waals surface area contributed by atoms with E-state index in [2.05, 4.69) is 41.5 Å². The highest BCUT2D eigenvalue weighted by atomic mass is 31.2. The summed E-state index contributed by atoms with van der Waals surface area (Å²) < 4.78 is 73.8. The van der Waals surface area contributed by atoms with Crippen LogP contribution in [0.1, 0.15) is 452 Å². The number of ether oxygens (including phenoxy) is 8. The van der Waals surface area contributed by atoms with Gasteiger partial charge in [-0.05, 0) is 37.5 Å². The Hall–Kier alpha value is -2.53. The van der Waals surface area contributed by atoms with Crippen LogP contribution in [0.15, 0.2) is 0 Å². The van der Waals surface area contributed by atoms with E-state index in [0.29, 0.717) is 43.9 Å². The fourth-order valence-electron chi connectivity index (χ4n) is 17.2. The van der Waals surface area contributed by atoms with Crippen molar-refractivity contribution in [3.05, 3.63) is 0 Å². The quantitative estimate of drug-likeness (QED) is 0.0117. The monoisotopic (exact) mass is 1780 g/mol. The van der Waals surface area contributed by atoms with Crippen LogP contribution in [0.2, 0.25) is 0 Å². The van der Waals surface area contributed by atoms with Gasteiger partial charge in [-0.2, -0.15) is 0 Å². The number of unbranched alkanes of at least 4 members (excludes halogenated alkanes) is 50. The highest BCUT2D eigenvalue weighted by molar-refractivity contribution is 7.47. The molecule has 20 unspecified atom stereocenters. The van der Waals surface area contributed by atoms with Crippen LogP contribution in [0.5, 0.6) is 0 Å². The molecule has 0 amide bonds. The van der Waals surface area contributed by atoms with Crippen LogP contribution in [0, 0.1) is 11.8 Å². The molecule has 25 nitrogen and oxygen atoms in total. The Balaban J connectivity index is 1.91. The van der Waals surface area contributed by atoms with Gasteiger partial charge in [-0.25, -0.2) is 4.57 Å². The first kappa shape index (κ1) is 115. The van der Waals surface area contributed by atoms with Gasteiger partial charge in [0.1, 0.15) is 92.6 Å². The number of hydrogen-bond acceptors (Lipinski definition) is 24. The Morgan fingerprint density at radius 1 is 0.317 bits per heavy atom. The standard InChI is InChI=1S/C97H183O25P/c1-7-11-15-19-23-25-27-29-31-33-35-37-39-41-51-59-67-80(99)113-72-77(116-82(101)69-61-54-46-44-50-58-66-76(6)64-56-48-22-18-14-10-4)73-115-123(111,112)122-95-93(120-96-90(109)86(105)84(103)78(71-98)117-96)89(108)88(107)92(119-83(102)70-62-53-42-40-38-36-34-32-30-28-26-24-20-16-12-8-2)94(95)121-97-91(110)87(106)85(104)79(118-97)74-114-81(100)68-60-52-45-43-49-57-65-75(5)63-55-47-21-17-13-9-3/h75-79,84-98,103-110H,7-74H2,1-6H3,(H,111,112). The summed E-state index contributed by atoms with van der Waals surface area (Å²) in [5.41, 5.74) is 0. The van der Waals surface area contributed by atoms with Crippen molar-refractivity contribution >= 4 is 31.7 Å². The summed E-state index contributed by atoms with van der Waals surface area (Å²) >= 11 is 0. The zero-order chi connectivity index (χ0) is 89.9. The molecule has 1 aliphatic carbocycles. The first-order valence-electron chi connectivity index (χ1n) is 50.6. The van der Waals surface area contributed by atoms with Crippen molar-refractivity contribution in [2.45, 2.75) is 557 Å². The highest BCUT2D eigenvalue weighted by Gasteiger charge is 2.60. The molecule has 0 bridgehead atoms. The number of phosphoric acid groups is 1. The summed E-state index contributed by atoms with van der Waals surface area (Å²) in [7, 11) is -5.81. The van der Waals surface area contributed by atoms with Gasteiger partial charge in [0.05, 0.1) is 13.2 Å². The molecule has 0 radical (unpaired) electrons. The minimum Gasteiger partial charge on any atom is -0.463 e. The first-order valence-corrected chi connectivity index (χ1v) is 52.0. The van der Waals surface area contributed by atoms with E-state index in [1.54, 1.807) is 0 Å². The van der Waals surface area contributed by atoms with E-state index < -0.39 is 162 Å². The van der Waals surface area contributed by atoms with E-state index in [1.165, 1.54) is 225 Å². The molecule has 1 saturated carbocycles. The Morgan fingerprint density at radius 3 is 0.967 bits per heavy atom. The van der Waals surface area contributed by atoms with Crippen LogP contribution < -0.4 is 0 Å². The molecule has 123 heavy (non-hydrogen) atoms. The smallest absolute Gasteiger partial charge is 0.463 e. The van der Waals surface area contributed by atoms with Gasteiger partial charge in [-0.1, -0.05) is 401 Å². The number of hydrogen-bond donors (Lipinski definition) is 10. The molecule has 0 aromatic heterocycles. The van der Waals surface area contributed by atoms with Gasteiger partial charge in [0.2, 0.25) is 0 Å². The second-order valence-electron chi connectivity index (χ2n) is 36.9. The van der Waals surface area contributed by atoms with Crippen LogP contribution in [-0.2, 0) is 70.7 Å². The van der Waals surface area contributed by atoms with Gasteiger partial charge < -0.3 is 88.7 Å². The van der Waals surface area contributed by atoms with Crippen LogP contribution in [0.25, 0.3) is 0 Å². The lowest BCUT2D eigenvalue weighted by Gasteiger charge is -2.50. The lowest BCUT2D eigenvalue weighted by Crippen LogP contribution is -2.70. The van der Waals surface area contributed by atoms with E-state index in [-0.39, 0.29) is 25.7 Å². The number of carbonyl (C=O) groups excluding carboxylic acids is 4. The second kappa shape index (κ2) is 74.1. The van der Waals surface area contributed by atoms with E-state index in [9.17, 15) is 74.6 Å². The molecular weight excluding hydrogens is 1600 g/mol. The molecule has 0 aromatic carbocycles. The van der Waals surface area contributed by atoms with Crippen molar-refractivity contribution < 1.29 is 122 Å². The molecule has 2 aliphatic heterocycles. The van der Waals surface area contributed by atoms with Gasteiger partial charge in [-0.3, -0.25) is 28.2 Å². The molecule has 2 saturated heterocycles. The number of rotatable bonds is 82. The molecule has 2 heterocycles. The van der Waals surface area contributed by atoms with Gasteiger partial charge in [0.25, 0.3) is 0 Å². The Labute approximate surface area is 744 Å². The molecule has 26 heteroatoms. The number of carbonyl (C=O) groups is 4. The van der Waals surface area contributed by atoms with Crippen LogP contribution >= 0.6 is 7.82 Å². The predicted octanol–water partition coefficient (Wildman–Crippen LogP) is 19.8. The summed E-state index contributed by atoms with van der Waals surface area (Å²) in [4.78, 5) is 66.8. The zero-order valence-corrected chi connectivity index (χ0v) is 79.0. The molecule has 20 atom stereocenters. The summed E-state index contributed by atoms with van der Waals surface area (Å²) in [6, 6.07) is 0. The van der Waals surface area contributed by atoms with Crippen LogP contribution in [0.3, 0.4) is 0 Å². The number of esters is 4. The lowest BCUT2D eigenvalue weighted by molar-refractivity contribution is -0.360. The summed E-state index contributed by atoms with van der Waals surface area (Å²) in [5, 5.41) is 103. The van der Waals surface area contributed by atoms with Crippen LogP contribution in [0.4, 0.5) is 0 Å². The lowest BCUT2D eigenvalue weighted by atomic mass is 9.84. The Morgan fingerprint density at radius 2 is 0.610 bits per heavy atom. The molecule has 726 valence electrons. The predicted molar refractivity (Wildman–Crippen MR) is 481 cm³/mol. The topological polar surface area (TPSA) is 380 Å². The first-order chi connectivity index (χ1) is 59.5. The molecular formula is C97H183O25P. The third kappa shape index (κ3) is 54.2. The average molecular weight is 1780 g/mol. The second-order valence-corrected chi connectivity index (χ2v) is 38.3. The van der Waals surface area contributed by atoms with E-state index in [1.807, 2.05) is 0 Å². The molecule has 10 N–H and O–H groups in total. The van der Waals surface area contributed by atoms with E-state index in [4.69, 9.17) is 46.9 Å². The Bertz CT molecular complexity index is 2580. The maximum Gasteiger partial charge on any atom is 0.472 e. The third-order valence-corrected chi connectivity index (χ3v) is 26.4. The minimum atomic E-state index is -5.81. The number of aliphatic hydroxyl groups is 9. The maximum absolute atomic E-state index is 15.0. The molecule has 3 rings (SSSR count). The van der Waals surface area contributed by atoms with Gasteiger partial charge in [-0.15, -0.1) is 0 Å². The van der Waals surface area contributed by atoms with Crippen molar-refractivity contribution in [3.8, 4) is 0 Å².